The Kier molecular flexibility index (Phi) is 5.92. The maximum Gasteiger partial charge on any atom is 0.0918 e. The van der Waals surface area contributed by atoms with Gasteiger partial charge in [0.25, 0.3) is 0 Å². The topological polar surface area (TPSA) is 62.3 Å². The zero-order valence-electron chi connectivity index (χ0n) is 11.4. The van der Waals surface area contributed by atoms with Gasteiger partial charge in [-0.25, -0.2) is 0 Å². The first-order valence-electron chi connectivity index (χ1n) is 6.68. The molecule has 0 aliphatic carbocycles. The van der Waals surface area contributed by atoms with Gasteiger partial charge in [0.05, 0.1) is 18.0 Å². The van der Waals surface area contributed by atoms with Gasteiger partial charge in [0.15, 0.2) is 0 Å². The monoisotopic (exact) mass is 241 g/mol. The largest absolute Gasteiger partial charge is 0.388 e. The predicted octanol–water partition coefficient (Wildman–Crippen LogP) is 1.84. The van der Waals surface area contributed by atoms with E-state index in [1.165, 1.54) is 6.42 Å². The highest BCUT2D eigenvalue weighted by Crippen LogP contribution is 2.20. The molecule has 0 aromatic heterocycles. The lowest BCUT2D eigenvalue weighted by atomic mass is 10.1. The van der Waals surface area contributed by atoms with E-state index in [1.807, 2.05) is 0 Å². The van der Waals surface area contributed by atoms with Crippen LogP contribution in [-0.2, 0) is 4.74 Å². The number of rotatable bonds is 7. The fourth-order valence-corrected chi connectivity index (χ4v) is 2.36. The molecule has 2 atom stereocenters. The molecule has 4 nitrogen and oxygen atoms in total. The first-order chi connectivity index (χ1) is 7.97. The zero-order valence-corrected chi connectivity index (χ0v) is 11.4. The molecule has 0 bridgehead atoms. The van der Waals surface area contributed by atoms with Crippen molar-refractivity contribution in [2.24, 2.45) is 11.7 Å². The number of hydrogen-bond acceptors (Lipinski definition) is 3. The van der Waals surface area contributed by atoms with Crippen LogP contribution in [0.25, 0.3) is 0 Å². The zero-order chi connectivity index (χ0) is 12.8. The van der Waals surface area contributed by atoms with Crippen molar-refractivity contribution in [2.45, 2.75) is 52.2 Å². The molecule has 1 fully saturated rings. The fraction of sp³-hybridized carbons (Fsp3) is 0.923. The highest BCUT2D eigenvalue weighted by Gasteiger charge is 2.24. The Bertz CT molecular complexity index is 243. The van der Waals surface area contributed by atoms with Gasteiger partial charge >= 0.3 is 0 Å². The van der Waals surface area contributed by atoms with Crippen molar-refractivity contribution in [3.8, 4) is 0 Å². The van der Waals surface area contributed by atoms with Crippen molar-refractivity contribution < 1.29 is 4.74 Å². The first-order valence-corrected chi connectivity index (χ1v) is 6.68. The number of amidine groups is 1. The van der Waals surface area contributed by atoms with Crippen LogP contribution < -0.4 is 5.73 Å². The van der Waals surface area contributed by atoms with E-state index in [-0.39, 0.29) is 5.84 Å². The van der Waals surface area contributed by atoms with Gasteiger partial charge in [0.1, 0.15) is 0 Å². The molecule has 0 saturated carbocycles. The van der Waals surface area contributed by atoms with E-state index in [4.69, 9.17) is 15.9 Å². The van der Waals surface area contributed by atoms with Gasteiger partial charge in [-0.1, -0.05) is 13.8 Å². The Morgan fingerprint density at radius 2 is 2.18 bits per heavy atom. The third kappa shape index (κ3) is 6.03. The van der Waals surface area contributed by atoms with E-state index in [2.05, 4.69) is 25.7 Å². The van der Waals surface area contributed by atoms with E-state index in [9.17, 15) is 0 Å². The Morgan fingerprint density at radius 1 is 1.47 bits per heavy atom. The Balaban J connectivity index is 2.36. The molecular weight excluding hydrogens is 214 g/mol. The third-order valence-corrected chi connectivity index (χ3v) is 3.10. The molecule has 1 rings (SSSR count). The maximum absolute atomic E-state index is 7.31. The predicted molar refractivity (Wildman–Crippen MR) is 71.4 cm³/mol. The summed E-state index contributed by atoms with van der Waals surface area (Å²) in [4.78, 5) is 2.38. The summed E-state index contributed by atoms with van der Waals surface area (Å²) in [6.45, 7) is 9.50. The van der Waals surface area contributed by atoms with Gasteiger partial charge < -0.3 is 15.4 Å². The van der Waals surface area contributed by atoms with Gasteiger partial charge in [-0.05, 0) is 25.7 Å². The van der Waals surface area contributed by atoms with Crippen LogP contribution in [0, 0.1) is 11.3 Å². The molecule has 0 aromatic carbocycles. The summed E-state index contributed by atoms with van der Waals surface area (Å²) in [5.41, 5.74) is 5.43. The summed E-state index contributed by atoms with van der Waals surface area (Å²) in [7, 11) is 0. The fourth-order valence-electron chi connectivity index (χ4n) is 2.36. The normalized spacial score (nSPS) is 24.8. The lowest BCUT2D eigenvalue weighted by Gasteiger charge is -2.26. The summed E-state index contributed by atoms with van der Waals surface area (Å²) in [5, 5.41) is 7.31. The Morgan fingerprint density at radius 3 is 2.65 bits per heavy atom. The number of hydrogen-bond donors (Lipinski definition) is 2. The summed E-state index contributed by atoms with van der Waals surface area (Å²) in [6.07, 6.45) is 3.78. The van der Waals surface area contributed by atoms with E-state index < -0.39 is 0 Å². The van der Waals surface area contributed by atoms with Gasteiger partial charge in [-0.3, -0.25) is 5.41 Å². The van der Waals surface area contributed by atoms with E-state index in [0.717, 1.165) is 26.1 Å². The number of nitrogens with zero attached hydrogens (tertiary/aromatic N) is 1. The van der Waals surface area contributed by atoms with Crippen LogP contribution in [0.2, 0.25) is 0 Å². The van der Waals surface area contributed by atoms with E-state index in [1.54, 1.807) is 0 Å². The SMILES string of the molecule is CC(C)CN(CCC(=N)N)CC1CCC(C)O1. The summed E-state index contributed by atoms with van der Waals surface area (Å²) >= 11 is 0. The molecule has 17 heavy (non-hydrogen) atoms. The van der Waals surface area contributed by atoms with Crippen molar-refractivity contribution in [3.63, 3.8) is 0 Å². The smallest absolute Gasteiger partial charge is 0.0918 e. The summed E-state index contributed by atoms with van der Waals surface area (Å²) in [5.74, 6) is 0.917. The number of nitrogens with two attached hydrogens (primary N) is 1. The van der Waals surface area contributed by atoms with Crippen molar-refractivity contribution in [1.29, 1.82) is 5.41 Å². The molecule has 4 heteroatoms. The Hall–Kier alpha value is -0.610. The van der Waals surface area contributed by atoms with Gasteiger partial charge in [0.2, 0.25) is 0 Å². The number of ether oxygens (including phenoxy) is 1. The highest BCUT2D eigenvalue weighted by atomic mass is 16.5. The van der Waals surface area contributed by atoms with Crippen molar-refractivity contribution in [2.75, 3.05) is 19.6 Å². The quantitative estimate of drug-likeness (QED) is 0.528. The second-order valence-electron chi connectivity index (χ2n) is 5.57. The van der Waals surface area contributed by atoms with Crippen LogP contribution in [0.5, 0.6) is 0 Å². The minimum Gasteiger partial charge on any atom is -0.388 e. The molecule has 0 aromatic rings. The maximum atomic E-state index is 7.31. The van der Waals surface area contributed by atoms with E-state index >= 15 is 0 Å². The van der Waals surface area contributed by atoms with Crippen LogP contribution >= 0.6 is 0 Å². The molecule has 2 unspecified atom stereocenters. The molecule has 0 spiro atoms. The van der Waals surface area contributed by atoms with E-state index in [0.29, 0.717) is 24.5 Å². The van der Waals surface area contributed by atoms with Crippen LogP contribution in [0.4, 0.5) is 0 Å². The lowest BCUT2D eigenvalue weighted by Crippen LogP contribution is -2.37. The molecular formula is C13H27N3O. The summed E-state index contributed by atoms with van der Waals surface area (Å²) in [6, 6.07) is 0. The third-order valence-electron chi connectivity index (χ3n) is 3.10. The van der Waals surface area contributed by atoms with Crippen LogP contribution in [0.15, 0.2) is 0 Å². The Labute approximate surface area is 105 Å². The molecule has 1 heterocycles. The van der Waals surface area contributed by atoms with Crippen molar-refractivity contribution in [3.05, 3.63) is 0 Å². The molecule has 0 radical (unpaired) electrons. The average molecular weight is 241 g/mol. The molecule has 3 N–H and O–H groups in total. The second kappa shape index (κ2) is 6.97. The highest BCUT2D eigenvalue weighted by molar-refractivity contribution is 5.76. The molecule has 100 valence electrons. The molecule has 0 amide bonds. The van der Waals surface area contributed by atoms with Gasteiger partial charge in [-0.15, -0.1) is 0 Å². The minimum atomic E-state index is 0.277. The van der Waals surface area contributed by atoms with Crippen LogP contribution in [0.3, 0.4) is 0 Å². The van der Waals surface area contributed by atoms with Gasteiger partial charge in [-0.2, -0.15) is 0 Å². The van der Waals surface area contributed by atoms with Crippen molar-refractivity contribution >= 4 is 5.84 Å². The molecule has 1 saturated heterocycles. The molecule has 1 aliphatic rings. The van der Waals surface area contributed by atoms with Crippen LogP contribution in [0.1, 0.15) is 40.0 Å². The first kappa shape index (κ1) is 14.5. The average Bonchev–Trinajstić information content (AvgIpc) is 2.59. The minimum absolute atomic E-state index is 0.277. The standard InChI is InChI=1S/C13H27N3O/c1-10(2)8-16(7-6-13(14)15)9-12-5-4-11(3)17-12/h10-12H,4-9H2,1-3H3,(H3,14,15). The summed E-state index contributed by atoms with van der Waals surface area (Å²) < 4.78 is 5.85. The van der Waals surface area contributed by atoms with Crippen molar-refractivity contribution in [1.82, 2.24) is 4.90 Å². The number of nitrogens with one attached hydrogen (secondary N) is 1. The molecule has 1 aliphatic heterocycles. The lowest BCUT2D eigenvalue weighted by molar-refractivity contribution is 0.0297. The second-order valence-corrected chi connectivity index (χ2v) is 5.57. The van der Waals surface area contributed by atoms with Gasteiger partial charge in [0, 0.05) is 26.1 Å². The van der Waals surface area contributed by atoms with Crippen LogP contribution in [-0.4, -0.2) is 42.6 Å².